The molecule has 1 aromatic carbocycles. The minimum absolute atomic E-state index is 0.104. The molecule has 2 heterocycles. The second kappa shape index (κ2) is 9.09. The number of hydrogen-bond acceptors (Lipinski definition) is 6. The second-order valence-corrected chi connectivity index (χ2v) is 8.27. The SMILES string of the molecule is CC(C)(C)OC(=O)N1C[C@@H](Nc2ccncn2)[C@H](OCc2ccc(C(F)(F)F)cc2)C1. The summed E-state index contributed by atoms with van der Waals surface area (Å²) in [6.07, 6.45) is -2.26. The van der Waals surface area contributed by atoms with Gasteiger partial charge in [0.15, 0.2) is 0 Å². The number of aromatic nitrogens is 2. The summed E-state index contributed by atoms with van der Waals surface area (Å²) >= 11 is 0. The third-order valence-corrected chi connectivity index (χ3v) is 4.58. The number of benzene rings is 1. The van der Waals surface area contributed by atoms with E-state index in [0.717, 1.165) is 12.1 Å². The normalized spacial score (nSPS) is 19.4. The molecule has 2 aromatic rings. The number of nitrogens with one attached hydrogen (secondary N) is 1. The fraction of sp³-hybridized carbons (Fsp3) is 0.476. The van der Waals surface area contributed by atoms with Crippen LogP contribution in [0, 0.1) is 0 Å². The van der Waals surface area contributed by atoms with Crippen molar-refractivity contribution in [1.29, 1.82) is 0 Å². The Labute approximate surface area is 178 Å². The molecule has 1 saturated heterocycles. The minimum Gasteiger partial charge on any atom is -0.444 e. The molecule has 168 valence electrons. The number of nitrogens with zero attached hydrogens (tertiary/aromatic N) is 3. The van der Waals surface area contributed by atoms with Gasteiger partial charge in [0.2, 0.25) is 0 Å². The zero-order valence-electron chi connectivity index (χ0n) is 17.5. The Bertz CT molecular complexity index is 870. The number of likely N-dealkylation sites (tertiary alicyclic amines) is 1. The molecule has 10 heteroatoms. The van der Waals surface area contributed by atoms with Crippen LogP contribution in [0.5, 0.6) is 0 Å². The standard InChI is InChI=1S/C21H25F3N4O3/c1-20(2,3)31-19(29)28-10-16(27-18-8-9-25-13-26-18)17(11-28)30-12-14-4-6-15(7-5-14)21(22,23)24/h4-9,13,16-17H,10-12H2,1-3H3,(H,25,26,27)/t16-,17-/m1/s1. The largest absolute Gasteiger partial charge is 0.444 e. The van der Waals surface area contributed by atoms with Gasteiger partial charge in [-0.15, -0.1) is 0 Å². The van der Waals surface area contributed by atoms with Gasteiger partial charge < -0.3 is 19.7 Å². The van der Waals surface area contributed by atoms with Gasteiger partial charge in [-0.05, 0) is 44.5 Å². The van der Waals surface area contributed by atoms with Crippen molar-refractivity contribution in [2.75, 3.05) is 18.4 Å². The molecule has 0 bridgehead atoms. The number of alkyl halides is 3. The molecular weight excluding hydrogens is 413 g/mol. The van der Waals surface area contributed by atoms with Crippen LogP contribution in [0.25, 0.3) is 0 Å². The summed E-state index contributed by atoms with van der Waals surface area (Å²) in [5.41, 5.74) is -0.743. The van der Waals surface area contributed by atoms with Crippen LogP contribution >= 0.6 is 0 Å². The second-order valence-electron chi connectivity index (χ2n) is 8.27. The van der Waals surface area contributed by atoms with Crippen LogP contribution in [0.2, 0.25) is 0 Å². The first kappa shape index (κ1) is 22.8. The highest BCUT2D eigenvalue weighted by Gasteiger charge is 2.38. The van der Waals surface area contributed by atoms with Crippen molar-refractivity contribution >= 4 is 11.9 Å². The molecule has 0 unspecified atom stereocenters. The molecule has 1 N–H and O–H groups in total. The molecule has 31 heavy (non-hydrogen) atoms. The summed E-state index contributed by atoms with van der Waals surface area (Å²) in [5, 5.41) is 3.23. The molecule has 1 fully saturated rings. The topological polar surface area (TPSA) is 76.6 Å². The van der Waals surface area contributed by atoms with Crippen molar-refractivity contribution in [3.05, 3.63) is 54.0 Å². The van der Waals surface area contributed by atoms with Gasteiger partial charge in [-0.3, -0.25) is 0 Å². The fourth-order valence-corrected chi connectivity index (χ4v) is 3.12. The third kappa shape index (κ3) is 6.55. The Balaban J connectivity index is 1.67. The summed E-state index contributed by atoms with van der Waals surface area (Å²) in [7, 11) is 0. The lowest BCUT2D eigenvalue weighted by Gasteiger charge is -2.24. The minimum atomic E-state index is -4.38. The van der Waals surface area contributed by atoms with E-state index in [1.54, 1.807) is 37.9 Å². The van der Waals surface area contributed by atoms with Crippen LogP contribution < -0.4 is 5.32 Å². The van der Waals surface area contributed by atoms with Gasteiger partial charge in [-0.2, -0.15) is 13.2 Å². The molecule has 1 aliphatic rings. The van der Waals surface area contributed by atoms with Crippen LogP contribution in [0.3, 0.4) is 0 Å². The molecule has 7 nitrogen and oxygen atoms in total. The van der Waals surface area contributed by atoms with Crippen LogP contribution in [-0.2, 0) is 22.3 Å². The van der Waals surface area contributed by atoms with Crippen molar-refractivity contribution in [1.82, 2.24) is 14.9 Å². The highest BCUT2D eigenvalue weighted by atomic mass is 19.4. The molecule has 0 aliphatic carbocycles. The number of rotatable bonds is 5. The van der Waals surface area contributed by atoms with E-state index in [-0.39, 0.29) is 19.2 Å². The molecule has 3 rings (SSSR count). The van der Waals surface area contributed by atoms with Crippen molar-refractivity contribution in [2.24, 2.45) is 0 Å². The van der Waals surface area contributed by atoms with Crippen LogP contribution in [0.15, 0.2) is 42.9 Å². The summed E-state index contributed by atoms with van der Waals surface area (Å²) in [5.74, 6) is 0.578. The Morgan fingerprint density at radius 2 is 1.87 bits per heavy atom. The number of hydrogen-bond donors (Lipinski definition) is 1. The van der Waals surface area contributed by atoms with Gasteiger partial charge >= 0.3 is 12.3 Å². The Morgan fingerprint density at radius 1 is 1.16 bits per heavy atom. The number of amides is 1. The first-order valence-corrected chi connectivity index (χ1v) is 9.79. The molecule has 0 spiro atoms. The highest BCUT2D eigenvalue weighted by molar-refractivity contribution is 5.69. The summed E-state index contributed by atoms with van der Waals surface area (Å²) in [6.45, 7) is 6.07. The third-order valence-electron chi connectivity index (χ3n) is 4.58. The van der Waals surface area contributed by atoms with Gasteiger partial charge in [0.25, 0.3) is 0 Å². The van der Waals surface area contributed by atoms with Crippen LogP contribution in [-0.4, -0.2) is 51.8 Å². The van der Waals surface area contributed by atoms with E-state index in [2.05, 4.69) is 15.3 Å². The monoisotopic (exact) mass is 438 g/mol. The van der Waals surface area contributed by atoms with Crippen molar-refractivity contribution in [3.8, 4) is 0 Å². The predicted octanol–water partition coefficient (Wildman–Crippen LogP) is 4.11. The Kier molecular flexibility index (Phi) is 6.68. The van der Waals surface area contributed by atoms with E-state index in [1.165, 1.54) is 18.5 Å². The maximum atomic E-state index is 12.7. The fourth-order valence-electron chi connectivity index (χ4n) is 3.12. The molecule has 0 radical (unpaired) electrons. The maximum absolute atomic E-state index is 12.7. The Morgan fingerprint density at radius 3 is 2.45 bits per heavy atom. The molecular formula is C21H25F3N4O3. The van der Waals surface area contributed by atoms with Gasteiger partial charge in [-0.25, -0.2) is 14.8 Å². The van der Waals surface area contributed by atoms with E-state index >= 15 is 0 Å². The number of carbonyl (C=O) groups excluding carboxylic acids is 1. The van der Waals surface area contributed by atoms with Crippen LogP contribution in [0.1, 0.15) is 31.9 Å². The molecule has 0 saturated carbocycles. The number of halogens is 3. The quantitative estimate of drug-likeness (QED) is 0.757. The lowest BCUT2D eigenvalue weighted by atomic mass is 10.1. The number of carbonyl (C=O) groups is 1. The van der Waals surface area contributed by atoms with Crippen molar-refractivity contribution < 1.29 is 27.4 Å². The zero-order valence-corrected chi connectivity index (χ0v) is 17.5. The van der Waals surface area contributed by atoms with E-state index in [9.17, 15) is 18.0 Å². The maximum Gasteiger partial charge on any atom is 0.416 e. The zero-order chi connectivity index (χ0) is 22.6. The van der Waals surface area contributed by atoms with Crippen molar-refractivity contribution in [3.63, 3.8) is 0 Å². The van der Waals surface area contributed by atoms with Gasteiger partial charge in [0.05, 0.1) is 30.9 Å². The summed E-state index contributed by atoms with van der Waals surface area (Å²) in [4.78, 5) is 22.1. The van der Waals surface area contributed by atoms with E-state index in [4.69, 9.17) is 9.47 Å². The van der Waals surface area contributed by atoms with Gasteiger partial charge in [-0.1, -0.05) is 12.1 Å². The molecule has 1 aliphatic heterocycles. The van der Waals surface area contributed by atoms with E-state index in [1.807, 2.05) is 0 Å². The average molecular weight is 438 g/mol. The summed E-state index contributed by atoms with van der Waals surface area (Å²) < 4.78 is 49.7. The summed E-state index contributed by atoms with van der Waals surface area (Å²) in [6, 6.07) is 6.24. The lowest BCUT2D eigenvalue weighted by molar-refractivity contribution is -0.137. The number of anilines is 1. The van der Waals surface area contributed by atoms with E-state index in [0.29, 0.717) is 17.9 Å². The average Bonchev–Trinajstić information content (AvgIpc) is 3.08. The lowest BCUT2D eigenvalue weighted by Crippen LogP contribution is -2.36. The molecule has 2 atom stereocenters. The smallest absolute Gasteiger partial charge is 0.416 e. The van der Waals surface area contributed by atoms with Gasteiger partial charge in [0.1, 0.15) is 17.7 Å². The van der Waals surface area contributed by atoms with Crippen molar-refractivity contribution in [2.45, 2.75) is 51.3 Å². The van der Waals surface area contributed by atoms with Crippen LogP contribution in [0.4, 0.5) is 23.8 Å². The first-order valence-electron chi connectivity index (χ1n) is 9.79. The van der Waals surface area contributed by atoms with E-state index < -0.39 is 29.5 Å². The highest BCUT2D eigenvalue weighted by Crippen LogP contribution is 2.29. The van der Waals surface area contributed by atoms with Gasteiger partial charge in [0, 0.05) is 12.7 Å². The first-order chi connectivity index (χ1) is 14.5. The number of ether oxygens (including phenoxy) is 2. The molecule has 1 amide bonds. The molecule has 1 aromatic heterocycles. The predicted molar refractivity (Wildman–Crippen MR) is 107 cm³/mol. The Hall–Kier alpha value is -2.88.